The maximum absolute atomic E-state index is 14.2. The van der Waals surface area contributed by atoms with Gasteiger partial charge in [0.15, 0.2) is 11.5 Å². The first-order valence-electron chi connectivity index (χ1n) is 16.8. The number of carbonyl (C=O) groups excluding carboxylic acids is 4. The number of hydrogen-bond donors (Lipinski definition) is 3. The monoisotopic (exact) mass is 710 g/mol. The van der Waals surface area contributed by atoms with Crippen molar-refractivity contribution >= 4 is 31.2 Å². The molecule has 0 radical (unpaired) electrons. The third-order valence-electron chi connectivity index (χ3n) is 8.26. The van der Waals surface area contributed by atoms with Crippen LogP contribution in [0.2, 0.25) is 0 Å². The molecule has 0 aliphatic carbocycles. The minimum atomic E-state index is -5.01. The zero-order valence-electron chi connectivity index (χ0n) is 28.9. The van der Waals surface area contributed by atoms with Gasteiger partial charge in [-0.1, -0.05) is 58.6 Å². The summed E-state index contributed by atoms with van der Waals surface area (Å²) in [6, 6.07) is 5.41. The number of nitrogens with one attached hydrogen (secondary N) is 1. The Labute approximate surface area is 287 Å². The maximum Gasteiger partial charge on any atom is 0.518 e. The average Bonchev–Trinajstić information content (AvgIpc) is 3.47. The Balaban J connectivity index is 2.32. The average molecular weight is 711 g/mol. The summed E-state index contributed by atoms with van der Waals surface area (Å²) >= 11 is 0. The lowest BCUT2D eigenvalue weighted by atomic mass is 9.84. The first-order valence-corrected chi connectivity index (χ1v) is 18.4. The molecule has 2 aromatic rings. The second-order valence-electron chi connectivity index (χ2n) is 12.2. The maximum atomic E-state index is 14.2. The largest absolute Gasteiger partial charge is 0.518 e. The van der Waals surface area contributed by atoms with Crippen LogP contribution in [0, 0.1) is 11.8 Å². The fraction of sp³-hybridized carbons (Fsp3) is 0.618. The standard InChI is InChI=1S/C34H51N2O12P/c1-5-7-9-13-32(39)36(23-47-49(42,43)44)30(19-26-14-16-27(17-15-26)45-21-28-22-46-34(41)48-28)31(38)20-29(24(3)6-2)33(40)35-18-11-8-10-12-25(4)37/h14-17,22,24,29-30H,5-13,18-21,23H2,1-4H3,(H,35,40)(H2,42,43,44). The van der Waals surface area contributed by atoms with E-state index in [0.29, 0.717) is 43.5 Å². The summed E-state index contributed by atoms with van der Waals surface area (Å²) < 4.78 is 31.5. The van der Waals surface area contributed by atoms with E-state index in [1.54, 1.807) is 24.3 Å². The summed E-state index contributed by atoms with van der Waals surface area (Å²) in [6.07, 6.45) is 6.31. The van der Waals surface area contributed by atoms with Crippen molar-refractivity contribution in [1.82, 2.24) is 10.2 Å². The molecule has 1 heterocycles. The molecule has 2 rings (SSSR count). The quantitative estimate of drug-likeness (QED) is 0.0701. The number of phosphoric acid groups is 1. The Morgan fingerprint density at radius 2 is 1.69 bits per heavy atom. The van der Waals surface area contributed by atoms with Gasteiger partial charge >= 0.3 is 13.6 Å². The molecule has 0 spiro atoms. The Morgan fingerprint density at radius 3 is 2.29 bits per heavy atom. The van der Waals surface area contributed by atoms with E-state index >= 15 is 0 Å². The minimum absolute atomic E-state index is 0.0231. The van der Waals surface area contributed by atoms with Gasteiger partial charge in [0.2, 0.25) is 11.8 Å². The second kappa shape index (κ2) is 21.5. The topological polar surface area (TPSA) is 203 Å². The summed E-state index contributed by atoms with van der Waals surface area (Å²) in [5, 5.41) is 2.91. The molecular formula is C34H51N2O12P. The van der Waals surface area contributed by atoms with Gasteiger partial charge < -0.3 is 38.4 Å². The molecule has 0 aliphatic heterocycles. The van der Waals surface area contributed by atoms with Crippen molar-refractivity contribution < 1.29 is 51.6 Å². The van der Waals surface area contributed by atoms with Crippen LogP contribution < -0.4 is 15.9 Å². The van der Waals surface area contributed by atoms with Crippen LogP contribution in [0.3, 0.4) is 0 Å². The number of Topliss-reactive ketones (excluding diaryl/α,β-unsaturated/α-hetero) is 2. The molecule has 0 aliphatic rings. The van der Waals surface area contributed by atoms with Crippen molar-refractivity contribution in [2.45, 2.75) is 111 Å². The van der Waals surface area contributed by atoms with Crippen LogP contribution >= 0.6 is 7.82 Å². The highest BCUT2D eigenvalue weighted by atomic mass is 31.2. The van der Waals surface area contributed by atoms with Gasteiger partial charge in [0.1, 0.15) is 31.1 Å². The van der Waals surface area contributed by atoms with E-state index in [2.05, 4.69) is 9.73 Å². The normalized spacial score (nSPS) is 13.3. The molecule has 14 nitrogen and oxygen atoms in total. The molecule has 49 heavy (non-hydrogen) atoms. The first-order chi connectivity index (χ1) is 23.2. The molecule has 3 atom stereocenters. The van der Waals surface area contributed by atoms with Crippen LogP contribution in [-0.4, -0.2) is 57.4 Å². The molecule has 0 fully saturated rings. The molecule has 1 aromatic heterocycles. The van der Waals surface area contributed by atoms with E-state index < -0.39 is 44.0 Å². The van der Waals surface area contributed by atoms with Crippen LogP contribution in [0.4, 0.5) is 0 Å². The minimum Gasteiger partial charge on any atom is -0.486 e. The van der Waals surface area contributed by atoms with Gasteiger partial charge in [0.25, 0.3) is 0 Å². The van der Waals surface area contributed by atoms with Crippen LogP contribution in [0.25, 0.3) is 0 Å². The number of nitrogens with zero attached hydrogens (tertiary/aromatic N) is 1. The lowest BCUT2D eigenvalue weighted by Crippen LogP contribution is -2.49. The number of rotatable bonds is 25. The second-order valence-corrected chi connectivity index (χ2v) is 13.5. The molecule has 0 bridgehead atoms. The lowest BCUT2D eigenvalue weighted by Gasteiger charge is -2.32. The van der Waals surface area contributed by atoms with Crippen LogP contribution in [-0.2, 0) is 41.3 Å². The van der Waals surface area contributed by atoms with Crippen molar-refractivity contribution in [2.75, 3.05) is 13.3 Å². The van der Waals surface area contributed by atoms with E-state index in [-0.39, 0.29) is 49.2 Å². The third kappa shape index (κ3) is 16.1. The van der Waals surface area contributed by atoms with Crippen molar-refractivity contribution in [3.63, 3.8) is 0 Å². The molecule has 0 saturated carbocycles. The summed E-state index contributed by atoms with van der Waals surface area (Å²) in [5.41, 5.74) is 0.609. The zero-order valence-corrected chi connectivity index (χ0v) is 29.8. The van der Waals surface area contributed by atoms with Crippen LogP contribution in [0.15, 0.2) is 44.2 Å². The highest BCUT2D eigenvalue weighted by molar-refractivity contribution is 7.46. The number of amides is 2. The summed E-state index contributed by atoms with van der Waals surface area (Å²) in [7, 11) is -5.01. The highest BCUT2D eigenvalue weighted by Gasteiger charge is 2.35. The van der Waals surface area contributed by atoms with Crippen LogP contribution in [0.1, 0.15) is 103 Å². The Bertz CT molecular complexity index is 1430. The van der Waals surface area contributed by atoms with Crippen LogP contribution in [0.5, 0.6) is 5.75 Å². The number of ether oxygens (including phenoxy) is 1. The number of benzene rings is 1. The van der Waals surface area contributed by atoms with E-state index in [1.165, 1.54) is 6.92 Å². The highest BCUT2D eigenvalue weighted by Crippen LogP contribution is 2.36. The Morgan fingerprint density at radius 1 is 1.00 bits per heavy atom. The lowest BCUT2D eigenvalue weighted by molar-refractivity contribution is -0.144. The van der Waals surface area contributed by atoms with Gasteiger partial charge in [-0.3, -0.25) is 18.9 Å². The van der Waals surface area contributed by atoms with E-state index in [0.717, 1.165) is 36.8 Å². The van der Waals surface area contributed by atoms with Crippen molar-refractivity contribution in [2.24, 2.45) is 11.8 Å². The predicted molar refractivity (Wildman–Crippen MR) is 179 cm³/mol. The molecule has 1 aromatic carbocycles. The van der Waals surface area contributed by atoms with Gasteiger partial charge in [-0.05, 0) is 49.8 Å². The fourth-order valence-corrected chi connectivity index (χ4v) is 5.46. The number of unbranched alkanes of at least 4 members (excludes halogenated alkanes) is 4. The van der Waals surface area contributed by atoms with E-state index in [9.17, 15) is 38.3 Å². The van der Waals surface area contributed by atoms with Crippen molar-refractivity contribution in [3.8, 4) is 5.75 Å². The molecule has 3 N–H and O–H groups in total. The SMILES string of the molecule is CCCCCC(=O)N(COP(=O)(O)O)C(Cc1ccc(OCc2coc(=O)o2)cc1)C(=O)CC(C(=O)NCCCCCC(C)=O)C(C)CC. The number of carbonyl (C=O) groups is 4. The molecule has 274 valence electrons. The summed E-state index contributed by atoms with van der Waals surface area (Å²) in [5.74, 6) is -2.27. The number of phosphoric ester groups is 1. The van der Waals surface area contributed by atoms with Gasteiger partial charge in [0, 0.05) is 38.1 Å². The molecule has 15 heteroatoms. The fourth-order valence-electron chi connectivity index (χ4n) is 5.18. The third-order valence-corrected chi connectivity index (χ3v) is 8.71. The summed E-state index contributed by atoms with van der Waals surface area (Å²) in [6.45, 7) is 6.80. The molecule has 3 unspecified atom stereocenters. The summed E-state index contributed by atoms with van der Waals surface area (Å²) in [4.78, 5) is 83.4. The van der Waals surface area contributed by atoms with Gasteiger partial charge in [-0.15, -0.1) is 0 Å². The van der Waals surface area contributed by atoms with Gasteiger partial charge in [0.05, 0.1) is 6.04 Å². The zero-order chi connectivity index (χ0) is 36.4. The smallest absolute Gasteiger partial charge is 0.486 e. The van der Waals surface area contributed by atoms with Crippen molar-refractivity contribution in [3.05, 3.63) is 52.5 Å². The van der Waals surface area contributed by atoms with E-state index in [4.69, 9.17) is 13.7 Å². The molecular weight excluding hydrogens is 659 g/mol. The number of ketones is 2. The van der Waals surface area contributed by atoms with E-state index in [1.807, 2.05) is 20.8 Å². The number of hydrogen-bond acceptors (Lipinski definition) is 10. The Hall–Kier alpha value is -3.58. The van der Waals surface area contributed by atoms with Gasteiger partial charge in [-0.2, -0.15) is 0 Å². The molecule has 2 amide bonds. The Kier molecular flexibility index (Phi) is 18.2. The molecule has 0 saturated heterocycles. The van der Waals surface area contributed by atoms with Gasteiger partial charge in [-0.25, -0.2) is 9.36 Å². The van der Waals surface area contributed by atoms with Crippen molar-refractivity contribution in [1.29, 1.82) is 0 Å². The first kappa shape index (κ1) is 41.6. The predicted octanol–water partition coefficient (Wildman–Crippen LogP) is 5.09.